The van der Waals surface area contributed by atoms with Crippen molar-refractivity contribution >= 4 is 38.9 Å². The lowest BCUT2D eigenvalue weighted by Gasteiger charge is -2.27. The summed E-state index contributed by atoms with van der Waals surface area (Å²) in [4.78, 5) is 34.2. The third-order valence-corrected chi connectivity index (χ3v) is 6.40. The van der Waals surface area contributed by atoms with Crippen molar-refractivity contribution < 1.29 is 14.3 Å². The van der Waals surface area contributed by atoms with E-state index in [2.05, 4.69) is 4.90 Å². The van der Waals surface area contributed by atoms with Gasteiger partial charge in [-0.3, -0.25) is 19.1 Å². The van der Waals surface area contributed by atoms with Gasteiger partial charge in [0.2, 0.25) is 0 Å². The fraction of sp³-hybridized carbons (Fsp3) is 0.421. The molecule has 0 bridgehead atoms. The average Bonchev–Trinajstić information content (AvgIpc) is 3.35. The summed E-state index contributed by atoms with van der Waals surface area (Å²) in [5.74, 6) is 0.161. The van der Waals surface area contributed by atoms with Crippen molar-refractivity contribution in [2.24, 2.45) is 0 Å². The molecule has 4 heterocycles. The minimum absolute atomic E-state index is 0.130. The summed E-state index contributed by atoms with van der Waals surface area (Å²) in [6.45, 7) is 5.27. The van der Waals surface area contributed by atoms with Gasteiger partial charge in [0.1, 0.15) is 17.2 Å². The van der Waals surface area contributed by atoms with Crippen molar-refractivity contribution in [2.45, 2.75) is 20.0 Å². The number of carbonyl (C=O) groups excluding carboxylic acids is 1. The second kappa shape index (κ2) is 8.52. The van der Waals surface area contributed by atoms with Gasteiger partial charge in [-0.05, 0) is 18.4 Å². The number of hydrogen-bond acceptors (Lipinski definition) is 8. The molecule has 1 aliphatic rings. The van der Waals surface area contributed by atoms with Gasteiger partial charge in [-0.2, -0.15) is 0 Å². The van der Waals surface area contributed by atoms with Gasteiger partial charge in [0.15, 0.2) is 0 Å². The molecule has 0 N–H and O–H groups in total. The van der Waals surface area contributed by atoms with E-state index < -0.39 is 5.97 Å². The Morgan fingerprint density at radius 3 is 2.86 bits per heavy atom. The fourth-order valence-corrected chi connectivity index (χ4v) is 5.03. The Morgan fingerprint density at radius 2 is 2.14 bits per heavy atom. The minimum Gasteiger partial charge on any atom is -0.465 e. The number of nitrogens with zero attached hydrogens (tertiary/aromatic N) is 3. The smallest absolute Gasteiger partial charge is 0.326 e. The van der Waals surface area contributed by atoms with Crippen molar-refractivity contribution in [3.8, 4) is 10.4 Å². The third-order valence-electron chi connectivity index (χ3n) is 4.62. The average molecular weight is 420 g/mol. The molecule has 0 aromatic carbocycles. The summed E-state index contributed by atoms with van der Waals surface area (Å²) in [7, 11) is 0. The predicted octanol–water partition coefficient (Wildman–Crippen LogP) is 2.58. The lowest BCUT2D eigenvalue weighted by Crippen LogP contribution is -2.38. The molecule has 1 aliphatic heterocycles. The van der Waals surface area contributed by atoms with Gasteiger partial charge < -0.3 is 9.47 Å². The Kier molecular flexibility index (Phi) is 5.86. The number of ether oxygens (including phenoxy) is 2. The third kappa shape index (κ3) is 3.88. The molecule has 9 heteroatoms. The molecule has 3 aromatic heterocycles. The SMILES string of the molecule is CCOC(=O)Cn1c(CN2CCOCC2)nc2scc(-c3cccs3)c2c1=O. The van der Waals surface area contributed by atoms with Crippen LogP contribution in [0.3, 0.4) is 0 Å². The van der Waals surface area contributed by atoms with Gasteiger partial charge in [0, 0.05) is 28.9 Å². The molecule has 7 nitrogen and oxygen atoms in total. The van der Waals surface area contributed by atoms with Gasteiger partial charge in [-0.15, -0.1) is 22.7 Å². The summed E-state index contributed by atoms with van der Waals surface area (Å²) in [6.07, 6.45) is 0. The largest absolute Gasteiger partial charge is 0.465 e. The van der Waals surface area contributed by atoms with Crippen molar-refractivity contribution in [3.05, 3.63) is 39.1 Å². The first-order chi connectivity index (χ1) is 13.7. The van der Waals surface area contributed by atoms with Crippen molar-refractivity contribution in [1.29, 1.82) is 0 Å². The molecular formula is C19H21N3O4S2. The first-order valence-corrected chi connectivity index (χ1v) is 10.9. The summed E-state index contributed by atoms with van der Waals surface area (Å²) in [5, 5.41) is 4.52. The van der Waals surface area contributed by atoms with Gasteiger partial charge in [-0.1, -0.05) is 6.07 Å². The van der Waals surface area contributed by atoms with Gasteiger partial charge in [0.25, 0.3) is 5.56 Å². The van der Waals surface area contributed by atoms with Crippen LogP contribution in [0, 0.1) is 0 Å². The monoisotopic (exact) mass is 419 g/mol. The number of fused-ring (bicyclic) bond motifs is 1. The summed E-state index contributed by atoms with van der Waals surface area (Å²) < 4.78 is 12.0. The molecule has 1 fully saturated rings. The maximum absolute atomic E-state index is 13.4. The zero-order valence-electron chi connectivity index (χ0n) is 15.6. The maximum Gasteiger partial charge on any atom is 0.326 e. The molecule has 4 rings (SSSR count). The first kappa shape index (κ1) is 19.3. The topological polar surface area (TPSA) is 73.7 Å². The molecule has 0 radical (unpaired) electrons. The number of hydrogen-bond donors (Lipinski definition) is 0. The van der Waals surface area contributed by atoms with E-state index in [1.807, 2.05) is 22.9 Å². The highest BCUT2D eigenvalue weighted by Gasteiger charge is 2.21. The molecule has 0 spiro atoms. The Labute approximate surface area is 170 Å². The number of esters is 1. The van der Waals surface area contributed by atoms with E-state index in [1.54, 1.807) is 18.3 Å². The normalized spacial score (nSPS) is 15.2. The van der Waals surface area contributed by atoms with Crippen LogP contribution in [0.25, 0.3) is 20.7 Å². The number of aromatic nitrogens is 2. The highest BCUT2D eigenvalue weighted by molar-refractivity contribution is 7.18. The second-order valence-corrected chi connectivity index (χ2v) is 8.23. The molecule has 0 amide bonds. The molecule has 148 valence electrons. The Bertz CT molecular complexity index is 1020. The standard InChI is InChI=1S/C19H21N3O4S2/c1-2-26-16(23)11-22-15(10-21-5-7-25-8-6-21)20-18-17(19(22)24)13(12-28-18)14-4-3-9-27-14/h3-4,9,12H,2,5-8,10-11H2,1H3. The van der Waals surface area contributed by atoms with Crippen LogP contribution < -0.4 is 5.56 Å². The van der Waals surface area contributed by atoms with Crippen LogP contribution in [0.1, 0.15) is 12.7 Å². The molecule has 3 aromatic rings. The van der Waals surface area contributed by atoms with E-state index in [0.29, 0.717) is 35.8 Å². The molecular weight excluding hydrogens is 398 g/mol. The van der Waals surface area contributed by atoms with Crippen LogP contribution in [-0.2, 0) is 27.4 Å². The number of carbonyl (C=O) groups is 1. The van der Waals surface area contributed by atoms with Crippen LogP contribution in [0.5, 0.6) is 0 Å². The Balaban J connectivity index is 1.80. The van der Waals surface area contributed by atoms with Crippen LogP contribution in [0.15, 0.2) is 27.7 Å². The number of thiophene rings is 2. The molecule has 0 unspecified atom stereocenters. The lowest BCUT2D eigenvalue weighted by molar-refractivity contribution is -0.143. The van der Waals surface area contributed by atoms with Crippen LogP contribution in [0.2, 0.25) is 0 Å². The molecule has 1 saturated heterocycles. The van der Waals surface area contributed by atoms with Crippen LogP contribution in [0.4, 0.5) is 0 Å². The van der Waals surface area contributed by atoms with Crippen molar-refractivity contribution in [2.75, 3.05) is 32.9 Å². The van der Waals surface area contributed by atoms with E-state index in [4.69, 9.17) is 14.5 Å². The van der Waals surface area contributed by atoms with E-state index in [9.17, 15) is 9.59 Å². The Morgan fingerprint density at radius 1 is 1.32 bits per heavy atom. The first-order valence-electron chi connectivity index (χ1n) is 9.18. The summed E-state index contributed by atoms with van der Waals surface area (Å²) in [6, 6.07) is 3.95. The van der Waals surface area contributed by atoms with Crippen LogP contribution >= 0.6 is 22.7 Å². The van der Waals surface area contributed by atoms with Crippen molar-refractivity contribution in [1.82, 2.24) is 14.5 Å². The van der Waals surface area contributed by atoms with Gasteiger partial charge in [-0.25, -0.2) is 4.98 Å². The van der Waals surface area contributed by atoms with E-state index >= 15 is 0 Å². The summed E-state index contributed by atoms with van der Waals surface area (Å²) in [5.41, 5.74) is 0.689. The fourth-order valence-electron chi connectivity index (χ4n) is 3.26. The highest BCUT2D eigenvalue weighted by Crippen LogP contribution is 2.33. The van der Waals surface area contributed by atoms with Gasteiger partial charge in [0.05, 0.1) is 31.8 Å². The van der Waals surface area contributed by atoms with Crippen LogP contribution in [-0.4, -0.2) is 53.3 Å². The minimum atomic E-state index is -0.429. The van der Waals surface area contributed by atoms with Crippen molar-refractivity contribution in [3.63, 3.8) is 0 Å². The number of morpholine rings is 1. The lowest BCUT2D eigenvalue weighted by atomic mass is 10.2. The summed E-state index contributed by atoms with van der Waals surface area (Å²) >= 11 is 3.04. The van der Waals surface area contributed by atoms with E-state index in [-0.39, 0.29) is 18.7 Å². The highest BCUT2D eigenvalue weighted by atomic mass is 32.1. The predicted molar refractivity (Wildman–Crippen MR) is 110 cm³/mol. The molecule has 28 heavy (non-hydrogen) atoms. The molecule has 0 aliphatic carbocycles. The number of rotatable bonds is 6. The molecule has 0 atom stereocenters. The zero-order chi connectivity index (χ0) is 19.5. The molecule has 0 saturated carbocycles. The second-order valence-electron chi connectivity index (χ2n) is 6.42. The Hall–Kier alpha value is -2.07. The zero-order valence-corrected chi connectivity index (χ0v) is 17.2. The maximum atomic E-state index is 13.4. The van der Waals surface area contributed by atoms with E-state index in [1.165, 1.54) is 15.9 Å². The quantitative estimate of drug-likeness (QED) is 0.572. The van der Waals surface area contributed by atoms with Gasteiger partial charge >= 0.3 is 5.97 Å². The van der Waals surface area contributed by atoms with E-state index in [0.717, 1.165) is 23.5 Å².